The van der Waals surface area contributed by atoms with Crippen LogP contribution in [0.3, 0.4) is 0 Å². The summed E-state index contributed by atoms with van der Waals surface area (Å²) in [6.07, 6.45) is 4.46. The maximum atomic E-state index is 13.5. The zero-order valence-corrected chi connectivity index (χ0v) is 16.0. The number of amides is 1. The molecule has 0 aliphatic carbocycles. The molecule has 2 atom stereocenters. The Bertz CT molecular complexity index is 727. The highest BCUT2D eigenvalue weighted by atomic mass is 19.1. The van der Waals surface area contributed by atoms with Gasteiger partial charge >= 0.3 is 0 Å². The summed E-state index contributed by atoms with van der Waals surface area (Å²) in [5.74, 6) is -0.243. The first-order valence-corrected chi connectivity index (χ1v) is 10.1. The molecule has 6 nitrogen and oxygen atoms in total. The maximum Gasteiger partial charge on any atom is 0.226 e. The molecule has 0 spiro atoms. The number of halogens is 1. The minimum absolute atomic E-state index is 0.0501. The molecule has 0 bridgehead atoms. The Hall–Kier alpha value is -1.99. The van der Waals surface area contributed by atoms with E-state index in [2.05, 4.69) is 10.5 Å². The van der Waals surface area contributed by atoms with E-state index in [0.29, 0.717) is 45.4 Å². The van der Waals surface area contributed by atoms with Crippen molar-refractivity contribution >= 4 is 11.6 Å². The lowest BCUT2D eigenvalue weighted by Crippen LogP contribution is -2.48. The third kappa shape index (κ3) is 4.36. The number of rotatable bonds is 6. The summed E-state index contributed by atoms with van der Waals surface area (Å²) in [6.45, 7) is 2.46. The number of nitrogens with one attached hydrogen (secondary N) is 1. The average Bonchev–Trinajstić information content (AvgIpc) is 3.39. The fourth-order valence-electron chi connectivity index (χ4n) is 4.30. The van der Waals surface area contributed by atoms with Gasteiger partial charge in [0.15, 0.2) is 0 Å². The number of carbonyl (C=O) groups is 1. The van der Waals surface area contributed by atoms with Crippen molar-refractivity contribution < 1.29 is 23.5 Å². The first-order valence-electron chi connectivity index (χ1n) is 10.1. The van der Waals surface area contributed by atoms with Crippen molar-refractivity contribution in [2.45, 2.75) is 50.7 Å². The third-order valence-corrected chi connectivity index (χ3v) is 5.96. The number of nitrogens with zero attached hydrogens (tertiary/aromatic N) is 1. The van der Waals surface area contributed by atoms with Crippen molar-refractivity contribution in [2.75, 3.05) is 26.4 Å². The second-order valence-corrected chi connectivity index (χ2v) is 7.92. The molecule has 3 aliphatic rings. The summed E-state index contributed by atoms with van der Waals surface area (Å²) in [6, 6.07) is 6.36. The van der Waals surface area contributed by atoms with Crippen molar-refractivity contribution in [1.29, 1.82) is 0 Å². The van der Waals surface area contributed by atoms with Gasteiger partial charge in [0, 0.05) is 44.8 Å². The van der Waals surface area contributed by atoms with Crippen molar-refractivity contribution in [2.24, 2.45) is 10.6 Å². The molecule has 4 rings (SSSR count). The van der Waals surface area contributed by atoms with E-state index in [-0.39, 0.29) is 23.9 Å². The first-order chi connectivity index (χ1) is 13.6. The lowest BCUT2D eigenvalue weighted by Gasteiger charge is -2.37. The molecule has 2 fully saturated rings. The number of ether oxygens (including phenoxy) is 2. The minimum atomic E-state index is -0.519. The number of hydrogen-bond donors (Lipinski definition) is 1. The third-order valence-electron chi connectivity index (χ3n) is 5.96. The topological polar surface area (TPSA) is 69.2 Å². The zero-order chi connectivity index (χ0) is 19.4. The van der Waals surface area contributed by atoms with Gasteiger partial charge < -0.3 is 19.6 Å². The van der Waals surface area contributed by atoms with Gasteiger partial charge in [0.1, 0.15) is 11.9 Å². The van der Waals surface area contributed by atoms with Crippen LogP contribution in [0.4, 0.5) is 4.39 Å². The Morgan fingerprint density at radius 1 is 1.25 bits per heavy atom. The Balaban J connectivity index is 1.38. The van der Waals surface area contributed by atoms with E-state index in [9.17, 15) is 9.18 Å². The van der Waals surface area contributed by atoms with Crippen molar-refractivity contribution in [3.8, 4) is 0 Å². The van der Waals surface area contributed by atoms with Crippen LogP contribution in [0.15, 0.2) is 29.4 Å². The molecule has 2 saturated heterocycles. The summed E-state index contributed by atoms with van der Waals surface area (Å²) in [7, 11) is 0. The Labute approximate surface area is 164 Å². The van der Waals surface area contributed by atoms with Crippen LogP contribution in [-0.4, -0.2) is 50.2 Å². The van der Waals surface area contributed by atoms with Crippen LogP contribution in [0.2, 0.25) is 0 Å². The van der Waals surface area contributed by atoms with Crippen LogP contribution in [0.5, 0.6) is 0 Å². The van der Waals surface area contributed by atoms with Crippen LogP contribution in [0.1, 0.15) is 44.1 Å². The normalized spacial score (nSPS) is 26.5. The number of carbonyl (C=O) groups excluding carboxylic acids is 1. The van der Waals surface area contributed by atoms with Crippen molar-refractivity contribution in [3.63, 3.8) is 0 Å². The minimum Gasteiger partial charge on any atom is -0.392 e. The molecular weight excluding hydrogens is 363 g/mol. The molecular formula is C21H27FN2O4. The summed E-state index contributed by atoms with van der Waals surface area (Å²) < 4.78 is 24.6. The predicted molar refractivity (Wildman–Crippen MR) is 102 cm³/mol. The number of hydrogen-bond acceptors (Lipinski definition) is 5. The van der Waals surface area contributed by atoms with Crippen molar-refractivity contribution in [1.82, 2.24) is 5.32 Å². The molecule has 152 valence electrons. The molecule has 28 heavy (non-hydrogen) atoms. The summed E-state index contributed by atoms with van der Waals surface area (Å²) in [5.41, 5.74) is 0.937. The molecule has 3 aliphatic heterocycles. The highest BCUT2D eigenvalue weighted by Gasteiger charge is 2.43. The second-order valence-electron chi connectivity index (χ2n) is 7.92. The molecule has 2 unspecified atom stereocenters. The lowest BCUT2D eigenvalue weighted by molar-refractivity contribution is -0.140. The molecule has 0 saturated carbocycles. The fourth-order valence-corrected chi connectivity index (χ4v) is 4.30. The van der Waals surface area contributed by atoms with Gasteiger partial charge in [-0.2, -0.15) is 0 Å². The van der Waals surface area contributed by atoms with Gasteiger partial charge in [-0.1, -0.05) is 17.3 Å². The molecule has 3 heterocycles. The molecule has 1 aromatic carbocycles. The van der Waals surface area contributed by atoms with E-state index in [1.54, 1.807) is 6.07 Å². The van der Waals surface area contributed by atoms with E-state index in [1.165, 1.54) is 12.1 Å². The van der Waals surface area contributed by atoms with E-state index in [0.717, 1.165) is 30.7 Å². The van der Waals surface area contributed by atoms with E-state index in [1.807, 2.05) is 6.07 Å². The van der Waals surface area contributed by atoms with Gasteiger partial charge in [0.2, 0.25) is 5.91 Å². The van der Waals surface area contributed by atoms with Crippen LogP contribution in [0.25, 0.3) is 0 Å². The van der Waals surface area contributed by atoms with Gasteiger partial charge in [-0.05, 0) is 37.8 Å². The quantitative estimate of drug-likeness (QED) is 0.811. The van der Waals surface area contributed by atoms with E-state index < -0.39 is 5.41 Å². The smallest absolute Gasteiger partial charge is 0.226 e. The number of oxime groups is 1. The van der Waals surface area contributed by atoms with Crippen LogP contribution in [-0.2, 0) is 19.1 Å². The molecule has 1 amide bonds. The van der Waals surface area contributed by atoms with E-state index >= 15 is 0 Å². The molecule has 1 N–H and O–H groups in total. The summed E-state index contributed by atoms with van der Waals surface area (Å²) in [4.78, 5) is 18.7. The Morgan fingerprint density at radius 2 is 2.11 bits per heavy atom. The average molecular weight is 390 g/mol. The van der Waals surface area contributed by atoms with E-state index in [4.69, 9.17) is 14.3 Å². The lowest BCUT2D eigenvalue weighted by atomic mass is 9.74. The number of benzene rings is 1. The molecule has 0 aromatic heterocycles. The molecule has 7 heteroatoms. The Kier molecular flexibility index (Phi) is 5.92. The standard InChI is InChI=1S/C21H27FN2O4/c22-16-4-1-3-15(11-16)19-12-18(28-24-19)13-21(6-9-26-10-7-21)20(25)23-14-17-5-2-8-27-17/h1,3-4,11,17-18H,2,5-10,12-14H2,(H,23,25). The maximum absolute atomic E-state index is 13.5. The van der Waals surface area contributed by atoms with Gasteiger partial charge in [-0.3, -0.25) is 4.79 Å². The zero-order valence-electron chi connectivity index (χ0n) is 16.0. The van der Waals surface area contributed by atoms with Crippen LogP contribution >= 0.6 is 0 Å². The highest BCUT2D eigenvalue weighted by molar-refractivity contribution is 6.01. The highest BCUT2D eigenvalue weighted by Crippen LogP contribution is 2.38. The van der Waals surface area contributed by atoms with Gasteiger partial charge in [-0.15, -0.1) is 0 Å². The largest absolute Gasteiger partial charge is 0.392 e. The van der Waals surface area contributed by atoms with Crippen LogP contribution < -0.4 is 5.32 Å². The summed E-state index contributed by atoms with van der Waals surface area (Å²) in [5, 5.41) is 7.26. The SMILES string of the molecule is O=C(NCC1CCCO1)C1(CC2CC(c3cccc(F)c3)=NO2)CCOCC1. The monoisotopic (exact) mass is 390 g/mol. The molecule has 0 radical (unpaired) electrons. The van der Waals surface area contributed by atoms with Crippen molar-refractivity contribution in [3.05, 3.63) is 35.6 Å². The Morgan fingerprint density at radius 3 is 2.86 bits per heavy atom. The van der Waals surface area contributed by atoms with Gasteiger partial charge in [0.25, 0.3) is 0 Å². The fraction of sp³-hybridized carbons (Fsp3) is 0.619. The second kappa shape index (κ2) is 8.57. The summed E-state index contributed by atoms with van der Waals surface area (Å²) >= 11 is 0. The van der Waals surface area contributed by atoms with Gasteiger partial charge in [-0.25, -0.2) is 4.39 Å². The first kappa shape index (κ1) is 19.3. The predicted octanol–water partition coefficient (Wildman–Crippen LogP) is 2.80. The molecule has 1 aromatic rings. The van der Waals surface area contributed by atoms with Crippen LogP contribution in [0, 0.1) is 11.2 Å². The van der Waals surface area contributed by atoms with Gasteiger partial charge in [0.05, 0.1) is 17.2 Å².